The van der Waals surface area contributed by atoms with Crippen molar-refractivity contribution in [2.24, 2.45) is 0 Å². The molecule has 0 saturated carbocycles. The summed E-state index contributed by atoms with van der Waals surface area (Å²) in [4.78, 5) is 29.3. The topological polar surface area (TPSA) is 128 Å². The van der Waals surface area contributed by atoms with Crippen LogP contribution in [0.5, 0.6) is 5.75 Å². The number of thiazole rings is 1. The van der Waals surface area contributed by atoms with Crippen molar-refractivity contribution in [3.8, 4) is 17.1 Å². The third kappa shape index (κ3) is 6.10. The molecule has 0 saturated heterocycles. The van der Waals surface area contributed by atoms with Gasteiger partial charge >= 0.3 is 5.97 Å². The molecule has 10 nitrogen and oxygen atoms in total. The molecule has 4 aromatic rings. The molecule has 2 aromatic heterocycles. The Balaban J connectivity index is 1.91. The number of hydrogen-bond donors (Lipinski definition) is 1. The highest BCUT2D eigenvalue weighted by atomic mass is 32.2. The number of halogens is 1. The second kappa shape index (κ2) is 11.6. The van der Waals surface area contributed by atoms with Crippen LogP contribution in [-0.4, -0.2) is 51.3 Å². The summed E-state index contributed by atoms with van der Waals surface area (Å²) >= 11 is 1.11. The van der Waals surface area contributed by atoms with Crippen LogP contribution in [0.4, 0.5) is 10.1 Å². The molecule has 0 unspecified atom stereocenters. The molecule has 40 heavy (non-hydrogen) atoms. The Morgan fingerprint density at radius 1 is 1.20 bits per heavy atom. The summed E-state index contributed by atoms with van der Waals surface area (Å²) < 4.78 is 57.9. The Morgan fingerprint density at radius 2 is 1.90 bits per heavy atom. The number of anilines is 1. The summed E-state index contributed by atoms with van der Waals surface area (Å²) in [5.41, 5.74) is 1.09. The highest BCUT2D eigenvalue weighted by molar-refractivity contribution is 7.92. The highest BCUT2D eigenvalue weighted by Crippen LogP contribution is 2.42. The summed E-state index contributed by atoms with van der Waals surface area (Å²) in [7, 11) is -2.43. The van der Waals surface area contributed by atoms with E-state index < -0.39 is 27.7 Å². The molecule has 4 rings (SSSR count). The average Bonchev–Trinajstić information content (AvgIpc) is 3.51. The van der Waals surface area contributed by atoms with Gasteiger partial charge in [0, 0.05) is 29.4 Å². The molecule has 0 aliphatic rings. The summed E-state index contributed by atoms with van der Waals surface area (Å²) in [5.74, 6) is -1.13. The van der Waals surface area contributed by atoms with Crippen LogP contribution >= 0.6 is 11.3 Å². The molecule has 0 radical (unpaired) electrons. The number of nitrogens with one attached hydrogen (secondary N) is 1. The molecule has 13 heteroatoms. The van der Waals surface area contributed by atoms with Crippen molar-refractivity contribution in [2.45, 2.75) is 33.4 Å². The monoisotopic (exact) mass is 589 g/mol. The van der Waals surface area contributed by atoms with Crippen molar-refractivity contribution in [3.05, 3.63) is 63.9 Å². The highest BCUT2D eigenvalue weighted by Gasteiger charge is 2.29. The molecule has 0 fully saturated rings. The SMILES string of the molecule is CCOC(=O)c1csc(CN(c2cc3oc(-c4ccc(F)cc4)c(C(=O)NC)c3cc2OC(C)C)S(C)(=O)=O)n1. The van der Waals surface area contributed by atoms with Gasteiger partial charge in [-0.15, -0.1) is 11.3 Å². The number of carbonyl (C=O) groups is 2. The third-order valence-corrected chi connectivity index (χ3v) is 7.64. The molecular weight excluding hydrogens is 561 g/mol. The average molecular weight is 590 g/mol. The van der Waals surface area contributed by atoms with Gasteiger partial charge in [-0.1, -0.05) is 0 Å². The van der Waals surface area contributed by atoms with Gasteiger partial charge in [0.15, 0.2) is 5.69 Å². The van der Waals surface area contributed by atoms with Gasteiger partial charge in [0.25, 0.3) is 5.91 Å². The maximum absolute atomic E-state index is 13.6. The van der Waals surface area contributed by atoms with Crippen LogP contribution < -0.4 is 14.4 Å². The number of hydrogen-bond acceptors (Lipinski definition) is 9. The van der Waals surface area contributed by atoms with E-state index in [1.165, 1.54) is 42.8 Å². The standard InChI is InChI=1S/C27H28FN3O7S2/c1-6-36-27(33)19-14-39-23(30-19)13-31(40(5,34)35)20-12-21-18(11-22(20)37-15(2)3)24(26(32)29-4)25(38-21)16-7-9-17(28)10-8-16/h7-12,14-15H,6,13H2,1-5H3,(H,29,32). The van der Waals surface area contributed by atoms with Gasteiger partial charge in [-0.05, 0) is 51.1 Å². The zero-order valence-electron chi connectivity index (χ0n) is 22.5. The zero-order valence-corrected chi connectivity index (χ0v) is 24.1. The van der Waals surface area contributed by atoms with Gasteiger partial charge in [0.2, 0.25) is 10.0 Å². The van der Waals surface area contributed by atoms with Crippen molar-refractivity contribution in [1.29, 1.82) is 0 Å². The van der Waals surface area contributed by atoms with E-state index in [-0.39, 0.29) is 53.3 Å². The predicted molar refractivity (Wildman–Crippen MR) is 150 cm³/mol. The number of benzene rings is 2. The number of rotatable bonds is 10. The van der Waals surface area contributed by atoms with E-state index in [9.17, 15) is 22.4 Å². The number of amides is 1. The molecule has 0 aliphatic heterocycles. The zero-order chi connectivity index (χ0) is 29.2. The molecule has 2 aromatic carbocycles. The van der Waals surface area contributed by atoms with Crippen LogP contribution in [0.1, 0.15) is 46.6 Å². The largest absolute Gasteiger partial charge is 0.489 e. The summed E-state index contributed by atoms with van der Waals surface area (Å²) in [5, 5.41) is 4.82. The second-order valence-electron chi connectivity index (χ2n) is 8.99. The molecule has 212 valence electrons. The molecule has 1 N–H and O–H groups in total. The summed E-state index contributed by atoms with van der Waals surface area (Å²) in [6.45, 7) is 5.22. The first-order valence-electron chi connectivity index (χ1n) is 12.3. The number of sulfonamides is 1. The fourth-order valence-corrected chi connectivity index (χ4v) is 5.69. The van der Waals surface area contributed by atoms with E-state index in [0.29, 0.717) is 16.0 Å². The number of aromatic nitrogens is 1. The first-order chi connectivity index (χ1) is 18.9. The van der Waals surface area contributed by atoms with E-state index in [4.69, 9.17) is 13.9 Å². The van der Waals surface area contributed by atoms with Gasteiger partial charge in [0.05, 0.1) is 36.8 Å². The minimum absolute atomic E-state index is 0.0783. The van der Waals surface area contributed by atoms with Crippen LogP contribution in [0, 0.1) is 5.82 Å². The Kier molecular flexibility index (Phi) is 8.45. The van der Waals surface area contributed by atoms with Crippen molar-refractivity contribution in [2.75, 3.05) is 24.2 Å². The smallest absolute Gasteiger partial charge is 0.357 e. The van der Waals surface area contributed by atoms with Crippen LogP contribution in [0.3, 0.4) is 0 Å². The number of furan rings is 1. The van der Waals surface area contributed by atoms with Gasteiger partial charge in [-0.2, -0.15) is 0 Å². The number of esters is 1. The quantitative estimate of drug-likeness (QED) is 0.257. The fourth-order valence-electron chi connectivity index (χ4n) is 4.00. The minimum Gasteiger partial charge on any atom is -0.489 e. The molecule has 0 atom stereocenters. The summed E-state index contributed by atoms with van der Waals surface area (Å²) in [6, 6.07) is 8.50. The predicted octanol–water partition coefficient (Wildman–Crippen LogP) is 4.99. The van der Waals surface area contributed by atoms with E-state index in [2.05, 4.69) is 10.3 Å². The molecular formula is C27H28FN3O7S2. The fraction of sp³-hybridized carbons (Fsp3) is 0.296. The number of fused-ring (bicyclic) bond motifs is 1. The van der Waals surface area contributed by atoms with Gasteiger partial charge in [-0.3, -0.25) is 9.10 Å². The van der Waals surface area contributed by atoms with E-state index >= 15 is 0 Å². The lowest BCUT2D eigenvalue weighted by molar-refractivity contribution is 0.0520. The molecule has 2 heterocycles. The van der Waals surface area contributed by atoms with E-state index in [0.717, 1.165) is 21.9 Å². The van der Waals surface area contributed by atoms with Crippen LogP contribution in [0.25, 0.3) is 22.3 Å². The Hall–Kier alpha value is -3.97. The number of carbonyl (C=O) groups excluding carboxylic acids is 2. The minimum atomic E-state index is -3.90. The van der Waals surface area contributed by atoms with Gasteiger partial charge in [0.1, 0.15) is 27.9 Å². The number of ether oxygens (including phenoxy) is 2. The first kappa shape index (κ1) is 29.0. The van der Waals surface area contributed by atoms with Crippen LogP contribution in [-0.2, 0) is 21.3 Å². The lowest BCUT2D eigenvalue weighted by Gasteiger charge is -2.25. The van der Waals surface area contributed by atoms with Crippen molar-refractivity contribution in [3.63, 3.8) is 0 Å². The molecule has 0 bridgehead atoms. The van der Waals surface area contributed by atoms with E-state index in [1.54, 1.807) is 26.8 Å². The Morgan fingerprint density at radius 3 is 2.50 bits per heavy atom. The third-order valence-electron chi connectivity index (χ3n) is 5.68. The van der Waals surface area contributed by atoms with Crippen molar-refractivity contribution < 1.29 is 36.3 Å². The van der Waals surface area contributed by atoms with Crippen molar-refractivity contribution >= 4 is 49.9 Å². The maximum Gasteiger partial charge on any atom is 0.357 e. The van der Waals surface area contributed by atoms with Crippen LogP contribution in [0.2, 0.25) is 0 Å². The Labute approximate surface area is 234 Å². The van der Waals surface area contributed by atoms with Gasteiger partial charge < -0.3 is 19.2 Å². The molecule has 1 amide bonds. The second-order valence-corrected chi connectivity index (χ2v) is 11.8. The lowest BCUT2D eigenvalue weighted by atomic mass is 10.0. The normalized spacial score (nSPS) is 11.6. The molecule has 0 spiro atoms. The van der Waals surface area contributed by atoms with Gasteiger partial charge in [-0.25, -0.2) is 22.6 Å². The van der Waals surface area contributed by atoms with E-state index in [1.807, 2.05) is 0 Å². The maximum atomic E-state index is 13.6. The summed E-state index contributed by atoms with van der Waals surface area (Å²) in [6.07, 6.45) is 0.693. The first-order valence-corrected chi connectivity index (χ1v) is 15.0. The number of nitrogens with zero attached hydrogens (tertiary/aromatic N) is 2. The van der Waals surface area contributed by atoms with Crippen molar-refractivity contribution in [1.82, 2.24) is 10.3 Å². The lowest BCUT2D eigenvalue weighted by Crippen LogP contribution is -2.30. The van der Waals surface area contributed by atoms with Crippen LogP contribution in [0.15, 0.2) is 46.2 Å². The molecule has 0 aliphatic carbocycles. The Bertz CT molecular complexity index is 1660.